The van der Waals surface area contributed by atoms with E-state index in [0.29, 0.717) is 21.5 Å². The highest BCUT2D eigenvalue weighted by atomic mass is 79.9. The zero-order chi connectivity index (χ0) is 16.1. The Morgan fingerprint density at radius 2 is 1.95 bits per heavy atom. The predicted octanol–water partition coefficient (Wildman–Crippen LogP) is 4.67. The molecule has 0 spiro atoms. The highest BCUT2D eigenvalue weighted by Gasteiger charge is 2.11. The van der Waals surface area contributed by atoms with Gasteiger partial charge in [0.2, 0.25) is 0 Å². The summed E-state index contributed by atoms with van der Waals surface area (Å²) in [5.41, 5.74) is 1.19. The average molecular weight is 362 g/mol. The van der Waals surface area contributed by atoms with Crippen LogP contribution in [0.3, 0.4) is 0 Å². The summed E-state index contributed by atoms with van der Waals surface area (Å²) in [7, 11) is 3.07. The molecule has 2 rings (SSSR count). The van der Waals surface area contributed by atoms with E-state index in [9.17, 15) is 9.65 Å². The smallest absolute Gasteiger partial charge is 0.174 e. The van der Waals surface area contributed by atoms with Crippen LogP contribution < -0.4 is 9.47 Å². The molecule has 2 aromatic rings. The quantitative estimate of drug-likeness (QED) is 0.586. The summed E-state index contributed by atoms with van der Waals surface area (Å²) >= 11 is 3.39. The molecule has 0 aliphatic carbocycles. The van der Waals surface area contributed by atoms with Crippen LogP contribution in [-0.2, 0) is 0 Å². The van der Waals surface area contributed by atoms with Gasteiger partial charge in [0.05, 0.1) is 30.3 Å². The molecule has 0 saturated carbocycles. The van der Waals surface area contributed by atoms with Gasteiger partial charge < -0.3 is 9.47 Å². The Morgan fingerprint density at radius 1 is 1.23 bits per heavy atom. The third-order valence-electron chi connectivity index (χ3n) is 3.05. The van der Waals surface area contributed by atoms with Gasteiger partial charge in [0.25, 0.3) is 0 Å². The molecule has 0 aliphatic rings. The molecular formula is C17H13BrFNO2. The maximum absolute atomic E-state index is 13.8. The van der Waals surface area contributed by atoms with E-state index in [0.717, 1.165) is 0 Å². The van der Waals surface area contributed by atoms with Crippen molar-refractivity contribution >= 4 is 27.6 Å². The second-order valence-electron chi connectivity index (χ2n) is 4.39. The number of hydrogen-bond donors (Lipinski definition) is 0. The standard InChI is InChI=1S/C17H13BrFNO2/c1-21-16-9-11(8-14(18)17(16)22-2)7-12(10-20)13-5-3-4-6-15(13)19/h3-9H,1-2H3/b12-7+. The molecule has 5 heteroatoms. The molecule has 0 saturated heterocycles. The number of hydrogen-bond acceptors (Lipinski definition) is 3. The number of halogens is 2. The summed E-state index contributed by atoms with van der Waals surface area (Å²) in [6.07, 6.45) is 1.60. The van der Waals surface area contributed by atoms with E-state index in [2.05, 4.69) is 15.9 Å². The molecular weight excluding hydrogens is 349 g/mol. The van der Waals surface area contributed by atoms with Crippen LogP contribution in [0.4, 0.5) is 4.39 Å². The number of ether oxygens (including phenoxy) is 2. The van der Waals surface area contributed by atoms with Gasteiger partial charge in [0.1, 0.15) is 5.82 Å². The first-order chi connectivity index (χ1) is 10.6. The molecule has 0 aromatic heterocycles. The van der Waals surface area contributed by atoms with Gasteiger partial charge in [0, 0.05) is 5.56 Å². The van der Waals surface area contributed by atoms with Crippen LogP contribution in [-0.4, -0.2) is 14.2 Å². The number of methoxy groups -OCH3 is 2. The molecule has 0 aliphatic heterocycles. The normalized spacial score (nSPS) is 11.0. The van der Waals surface area contributed by atoms with Crippen LogP contribution in [0, 0.1) is 17.1 Å². The van der Waals surface area contributed by atoms with E-state index < -0.39 is 5.82 Å². The Balaban J connectivity index is 2.54. The Morgan fingerprint density at radius 3 is 2.55 bits per heavy atom. The maximum atomic E-state index is 13.8. The molecule has 2 aromatic carbocycles. The van der Waals surface area contributed by atoms with E-state index in [1.165, 1.54) is 20.3 Å². The molecule has 22 heavy (non-hydrogen) atoms. The lowest BCUT2D eigenvalue weighted by molar-refractivity contribution is 0.353. The molecule has 0 atom stereocenters. The second kappa shape index (κ2) is 7.10. The van der Waals surface area contributed by atoms with Crippen LogP contribution in [0.2, 0.25) is 0 Å². The van der Waals surface area contributed by atoms with Gasteiger partial charge in [-0.15, -0.1) is 0 Å². The fourth-order valence-corrected chi connectivity index (χ4v) is 2.66. The number of allylic oxidation sites excluding steroid dienone is 1. The molecule has 0 amide bonds. The van der Waals surface area contributed by atoms with E-state index in [1.807, 2.05) is 6.07 Å². The van der Waals surface area contributed by atoms with Crippen molar-refractivity contribution in [2.75, 3.05) is 14.2 Å². The molecule has 0 radical (unpaired) electrons. The maximum Gasteiger partial charge on any atom is 0.174 e. The molecule has 0 N–H and O–H groups in total. The largest absolute Gasteiger partial charge is 0.493 e. The lowest BCUT2D eigenvalue weighted by Crippen LogP contribution is -1.93. The van der Waals surface area contributed by atoms with Gasteiger partial charge in [-0.2, -0.15) is 5.26 Å². The van der Waals surface area contributed by atoms with Gasteiger partial charge in [-0.1, -0.05) is 18.2 Å². The van der Waals surface area contributed by atoms with Crippen LogP contribution in [0.5, 0.6) is 11.5 Å². The zero-order valence-corrected chi connectivity index (χ0v) is 13.6. The summed E-state index contributed by atoms with van der Waals surface area (Å²) in [6.45, 7) is 0. The summed E-state index contributed by atoms with van der Waals surface area (Å²) in [5, 5.41) is 9.31. The molecule has 3 nitrogen and oxygen atoms in total. The van der Waals surface area contributed by atoms with E-state index in [4.69, 9.17) is 9.47 Å². The summed E-state index contributed by atoms with van der Waals surface area (Å²) in [6, 6.07) is 11.7. The van der Waals surface area contributed by atoms with Crippen LogP contribution in [0.25, 0.3) is 11.6 Å². The lowest BCUT2D eigenvalue weighted by atomic mass is 10.0. The number of rotatable bonds is 4. The number of benzene rings is 2. The Labute approximate surface area is 136 Å². The van der Waals surface area contributed by atoms with Crippen molar-refractivity contribution in [1.82, 2.24) is 0 Å². The Kier molecular flexibility index (Phi) is 5.18. The van der Waals surface area contributed by atoms with Gasteiger partial charge >= 0.3 is 0 Å². The first-order valence-electron chi connectivity index (χ1n) is 6.39. The molecule has 0 bridgehead atoms. The van der Waals surface area contributed by atoms with Crippen molar-refractivity contribution in [3.8, 4) is 17.6 Å². The van der Waals surface area contributed by atoms with Gasteiger partial charge in [0.15, 0.2) is 11.5 Å². The van der Waals surface area contributed by atoms with Crippen LogP contribution >= 0.6 is 15.9 Å². The highest BCUT2D eigenvalue weighted by Crippen LogP contribution is 2.37. The third-order valence-corrected chi connectivity index (χ3v) is 3.64. The van der Waals surface area contributed by atoms with Crippen LogP contribution in [0.15, 0.2) is 40.9 Å². The second-order valence-corrected chi connectivity index (χ2v) is 5.24. The molecule has 0 unspecified atom stereocenters. The van der Waals surface area contributed by atoms with E-state index in [-0.39, 0.29) is 11.1 Å². The Bertz CT molecular complexity index is 766. The highest BCUT2D eigenvalue weighted by molar-refractivity contribution is 9.10. The summed E-state index contributed by atoms with van der Waals surface area (Å²) in [4.78, 5) is 0. The van der Waals surface area contributed by atoms with Crippen molar-refractivity contribution in [1.29, 1.82) is 5.26 Å². The van der Waals surface area contributed by atoms with Crippen LogP contribution in [0.1, 0.15) is 11.1 Å². The fraction of sp³-hybridized carbons (Fsp3) is 0.118. The molecule has 0 fully saturated rings. The van der Waals surface area contributed by atoms with Gasteiger partial charge in [-0.25, -0.2) is 4.39 Å². The first kappa shape index (κ1) is 16.1. The van der Waals surface area contributed by atoms with Crippen molar-refractivity contribution in [3.05, 3.63) is 57.8 Å². The summed E-state index contributed by atoms with van der Waals surface area (Å²) < 4.78 is 25.0. The number of nitrogens with zero attached hydrogens (tertiary/aromatic N) is 1. The molecule has 0 heterocycles. The minimum Gasteiger partial charge on any atom is -0.493 e. The minimum absolute atomic E-state index is 0.234. The SMILES string of the molecule is COc1cc(/C=C(\C#N)c2ccccc2F)cc(Br)c1OC. The van der Waals surface area contributed by atoms with Gasteiger partial charge in [-0.05, 0) is 45.8 Å². The number of nitriles is 1. The van der Waals surface area contributed by atoms with Crippen molar-refractivity contribution in [2.45, 2.75) is 0 Å². The van der Waals surface area contributed by atoms with E-state index in [1.54, 1.807) is 36.4 Å². The topological polar surface area (TPSA) is 42.2 Å². The van der Waals surface area contributed by atoms with Crippen molar-refractivity contribution in [3.63, 3.8) is 0 Å². The zero-order valence-electron chi connectivity index (χ0n) is 12.1. The summed E-state index contributed by atoms with van der Waals surface area (Å²) in [5.74, 6) is 0.646. The van der Waals surface area contributed by atoms with Gasteiger partial charge in [-0.3, -0.25) is 0 Å². The third kappa shape index (κ3) is 3.29. The van der Waals surface area contributed by atoms with E-state index >= 15 is 0 Å². The Hall–Kier alpha value is -2.32. The molecule has 112 valence electrons. The first-order valence-corrected chi connectivity index (χ1v) is 7.18. The average Bonchev–Trinajstić information content (AvgIpc) is 2.52. The minimum atomic E-state index is -0.435. The van der Waals surface area contributed by atoms with Crippen molar-refractivity contribution < 1.29 is 13.9 Å². The monoisotopic (exact) mass is 361 g/mol. The lowest BCUT2D eigenvalue weighted by Gasteiger charge is -2.11. The van der Waals surface area contributed by atoms with Crippen molar-refractivity contribution in [2.24, 2.45) is 0 Å². The fourth-order valence-electron chi connectivity index (χ4n) is 2.04. The predicted molar refractivity (Wildman–Crippen MR) is 87.1 cm³/mol.